The van der Waals surface area contributed by atoms with E-state index in [1.807, 2.05) is 32.7 Å². The summed E-state index contributed by atoms with van der Waals surface area (Å²) in [7, 11) is 1.87. The summed E-state index contributed by atoms with van der Waals surface area (Å²) >= 11 is 0. The summed E-state index contributed by atoms with van der Waals surface area (Å²) in [6.07, 6.45) is 8.10. The van der Waals surface area contributed by atoms with Crippen LogP contribution in [0.1, 0.15) is 66.7 Å². The molecule has 6 nitrogen and oxygen atoms in total. The van der Waals surface area contributed by atoms with Crippen molar-refractivity contribution in [2.75, 3.05) is 32.0 Å². The van der Waals surface area contributed by atoms with Gasteiger partial charge in [0.2, 0.25) is 11.8 Å². The van der Waals surface area contributed by atoms with Crippen molar-refractivity contribution in [2.24, 2.45) is 5.92 Å². The van der Waals surface area contributed by atoms with Gasteiger partial charge >= 0.3 is 0 Å². The average molecular weight is 480 g/mol. The van der Waals surface area contributed by atoms with Gasteiger partial charge in [-0.25, -0.2) is 4.39 Å². The number of rotatable bonds is 12. The molecule has 0 aliphatic heterocycles. The summed E-state index contributed by atoms with van der Waals surface area (Å²) in [5.41, 5.74) is 0.659. The molecule has 0 aliphatic carbocycles. The van der Waals surface area contributed by atoms with Crippen molar-refractivity contribution in [3.63, 3.8) is 0 Å². The number of amides is 2. The number of hydrogen-bond acceptors (Lipinski definition) is 4. The first-order chi connectivity index (χ1) is 16.1. The Hall–Kier alpha value is -2.67. The Morgan fingerprint density at radius 2 is 1.79 bits per heavy atom. The molecule has 194 valence electrons. The Kier molecular flexibility index (Phi) is 21.8. The minimum absolute atomic E-state index is 0.00977. The van der Waals surface area contributed by atoms with Gasteiger partial charge in [0.25, 0.3) is 0 Å². The Morgan fingerprint density at radius 3 is 2.29 bits per heavy atom. The quantitative estimate of drug-likeness (QED) is 0.193. The van der Waals surface area contributed by atoms with Crippen LogP contribution < -0.4 is 10.6 Å². The van der Waals surface area contributed by atoms with Crippen LogP contribution in [0.5, 0.6) is 5.75 Å². The third kappa shape index (κ3) is 21.2. The van der Waals surface area contributed by atoms with Crippen molar-refractivity contribution >= 4 is 17.5 Å². The van der Waals surface area contributed by atoms with Crippen LogP contribution in [0.3, 0.4) is 0 Å². The maximum atomic E-state index is 12.1. The number of nitrogens with one attached hydrogen (secondary N) is 2. The van der Waals surface area contributed by atoms with Crippen LogP contribution in [0.4, 0.5) is 10.1 Å². The number of hydrogen-bond donors (Lipinski definition) is 3. The molecule has 0 heterocycles. The van der Waals surface area contributed by atoms with E-state index in [4.69, 9.17) is 0 Å². The lowest BCUT2D eigenvalue weighted by atomic mass is 10.1. The molecular formula is C27H46FN3O3. The highest BCUT2D eigenvalue weighted by molar-refractivity contribution is 5.92. The van der Waals surface area contributed by atoms with Crippen molar-refractivity contribution in [3.8, 4) is 5.75 Å². The Bertz CT molecular complexity index is 702. The number of unbranched alkanes of at least 4 members (excludes halogenated alkanes) is 2. The summed E-state index contributed by atoms with van der Waals surface area (Å²) in [4.78, 5) is 25.6. The fourth-order valence-electron chi connectivity index (χ4n) is 2.50. The normalized spacial score (nSPS) is 11.4. The van der Waals surface area contributed by atoms with Gasteiger partial charge in [-0.1, -0.05) is 39.3 Å². The largest absolute Gasteiger partial charge is 0.508 e. The number of carbonyl (C=O) groups is 2. The lowest BCUT2D eigenvalue weighted by Gasteiger charge is -2.18. The number of likely N-dealkylation sites (N-methyl/N-ethyl adjacent to an activating group) is 1. The fourth-order valence-corrected chi connectivity index (χ4v) is 2.50. The van der Waals surface area contributed by atoms with Crippen LogP contribution in [0.15, 0.2) is 48.8 Å². The van der Waals surface area contributed by atoms with Crippen molar-refractivity contribution in [3.05, 3.63) is 48.8 Å². The average Bonchev–Trinajstić information content (AvgIpc) is 2.78. The van der Waals surface area contributed by atoms with Gasteiger partial charge in [-0.15, -0.1) is 6.58 Å². The molecule has 0 bridgehead atoms. The van der Waals surface area contributed by atoms with Gasteiger partial charge in [0, 0.05) is 18.2 Å². The number of nitrogens with zero attached hydrogens (tertiary/aromatic N) is 1. The van der Waals surface area contributed by atoms with E-state index in [2.05, 4.69) is 24.1 Å². The Morgan fingerprint density at radius 1 is 1.21 bits per heavy atom. The van der Waals surface area contributed by atoms with Crippen molar-refractivity contribution in [1.29, 1.82) is 0 Å². The van der Waals surface area contributed by atoms with Gasteiger partial charge in [-0.05, 0) is 77.4 Å². The number of phenols is 1. The summed E-state index contributed by atoms with van der Waals surface area (Å²) in [6, 6.07) is 6.38. The Balaban J connectivity index is 0. The molecular weight excluding hydrogens is 433 g/mol. The van der Waals surface area contributed by atoms with Crippen LogP contribution in [0.2, 0.25) is 0 Å². The van der Waals surface area contributed by atoms with Crippen LogP contribution in [0, 0.1) is 5.92 Å². The Labute approximate surface area is 206 Å². The standard InChI is InChI=1S/C17H27N3O3.C7H13F.C3H6/c1-4-10-18-16(22)12-20(3)11-9-13(2)17(23)19-14-5-7-15(21)8-6-14;1-3-4-5-6-7(2)8;1-3-2/h5-8,13,21H,4,9-12H2,1-3H3,(H,18,22)(H,19,23);6H,3-5H2,1-2H3;3H,1H2,2H3/b;7-6+;. The lowest BCUT2D eigenvalue weighted by Crippen LogP contribution is -2.36. The predicted octanol–water partition coefficient (Wildman–Crippen LogP) is 6.06. The molecule has 1 aromatic carbocycles. The maximum Gasteiger partial charge on any atom is 0.234 e. The first-order valence-electron chi connectivity index (χ1n) is 12.0. The zero-order valence-corrected chi connectivity index (χ0v) is 22.0. The first-order valence-corrected chi connectivity index (χ1v) is 12.0. The van der Waals surface area contributed by atoms with Crippen molar-refractivity contribution in [2.45, 2.75) is 66.7 Å². The molecule has 0 fully saturated rings. The molecule has 34 heavy (non-hydrogen) atoms. The fraction of sp³-hybridized carbons (Fsp3) is 0.556. The van der Waals surface area contributed by atoms with Gasteiger partial charge in [0.05, 0.1) is 12.4 Å². The minimum Gasteiger partial charge on any atom is -0.508 e. The van der Waals surface area contributed by atoms with Gasteiger partial charge in [-0.2, -0.15) is 0 Å². The number of phenolic OH excluding ortho intramolecular Hbond substituents is 1. The van der Waals surface area contributed by atoms with E-state index in [-0.39, 0.29) is 29.3 Å². The van der Waals surface area contributed by atoms with Crippen molar-refractivity contribution in [1.82, 2.24) is 10.2 Å². The van der Waals surface area contributed by atoms with E-state index >= 15 is 0 Å². The molecule has 3 N–H and O–H groups in total. The minimum atomic E-state index is -0.162. The summed E-state index contributed by atoms with van der Waals surface area (Å²) in [6.45, 7) is 14.4. The molecule has 1 unspecified atom stereocenters. The van der Waals surface area contributed by atoms with Gasteiger partial charge in [-0.3, -0.25) is 14.5 Å². The van der Waals surface area contributed by atoms with Gasteiger partial charge < -0.3 is 15.7 Å². The number of allylic oxidation sites excluding steroid dienone is 3. The molecule has 0 saturated carbocycles. The molecule has 0 radical (unpaired) electrons. The summed E-state index contributed by atoms with van der Waals surface area (Å²) in [5.74, 6) is -0.113. The number of carbonyl (C=O) groups excluding carboxylic acids is 2. The molecule has 0 aromatic heterocycles. The van der Waals surface area contributed by atoms with Gasteiger partial charge in [0.1, 0.15) is 5.75 Å². The lowest BCUT2D eigenvalue weighted by molar-refractivity contribution is -0.121. The number of benzene rings is 1. The highest BCUT2D eigenvalue weighted by Crippen LogP contribution is 2.15. The third-order valence-corrected chi connectivity index (χ3v) is 4.50. The molecule has 1 aromatic rings. The van der Waals surface area contributed by atoms with Crippen LogP contribution in [-0.4, -0.2) is 48.5 Å². The smallest absolute Gasteiger partial charge is 0.234 e. The second kappa shape index (κ2) is 22.1. The van der Waals surface area contributed by atoms with E-state index in [9.17, 15) is 19.1 Å². The zero-order valence-electron chi connectivity index (χ0n) is 22.0. The van der Waals surface area contributed by atoms with Crippen LogP contribution in [0.25, 0.3) is 0 Å². The van der Waals surface area contributed by atoms with E-state index in [0.717, 1.165) is 25.7 Å². The van der Waals surface area contributed by atoms with E-state index < -0.39 is 0 Å². The van der Waals surface area contributed by atoms with E-state index in [1.54, 1.807) is 24.3 Å². The molecule has 1 rings (SSSR count). The second-order valence-corrected chi connectivity index (χ2v) is 8.15. The first kappa shape index (κ1) is 33.5. The van der Waals surface area contributed by atoms with Crippen LogP contribution >= 0.6 is 0 Å². The highest BCUT2D eigenvalue weighted by Gasteiger charge is 2.15. The molecule has 0 aliphatic rings. The van der Waals surface area contributed by atoms with Crippen LogP contribution in [-0.2, 0) is 9.59 Å². The van der Waals surface area contributed by atoms with E-state index in [0.29, 0.717) is 31.7 Å². The molecule has 0 spiro atoms. The van der Waals surface area contributed by atoms with Crippen molar-refractivity contribution < 1.29 is 19.1 Å². The predicted molar refractivity (Wildman–Crippen MR) is 142 cm³/mol. The highest BCUT2D eigenvalue weighted by atomic mass is 19.1. The maximum absolute atomic E-state index is 12.1. The molecule has 7 heteroatoms. The summed E-state index contributed by atoms with van der Waals surface area (Å²) in [5, 5.41) is 14.9. The topological polar surface area (TPSA) is 81.7 Å². The zero-order chi connectivity index (χ0) is 26.4. The molecule has 2 amide bonds. The van der Waals surface area contributed by atoms with Gasteiger partial charge in [0.15, 0.2) is 0 Å². The summed E-state index contributed by atoms with van der Waals surface area (Å²) < 4.78 is 11.9. The monoisotopic (exact) mass is 479 g/mol. The number of anilines is 1. The number of halogens is 1. The molecule has 0 saturated heterocycles. The van der Waals surface area contributed by atoms with E-state index in [1.165, 1.54) is 19.1 Å². The second-order valence-electron chi connectivity index (χ2n) is 8.15. The number of aromatic hydroxyl groups is 1. The third-order valence-electron chi connectivity index (χ3n) is 4.50. The SMILES string of the molecule is C=CC.CCCC/C=C(\C)F.CCCNC(=O)CN(C)CCC(C)C(=O)Nc1ccc(O)cc1. The molecule has 1 atom stereocenters.